The lowest BCUT2D eigenvalue weighted by molar-refractivity contribution is 0.391. The summed E-state index contributed by atoms with van der Waals surface area (Å²) in [5.74, 6) is -0.867. The predicted molar refractivity (Wildman–Crippen MR) is 71.6 cm³/mol. The van der Waals surface area contributed by atoms with Gasteiger partial charge in [-0.3, -0.25) is 0 Å². The highest BCUT2D eigenvalue weighted by molar-refractivity contribution is 5.20. The Bertz CT molecular complexity index is 366. The molecule has 18 heavy (non-hydrogen) atoms. The second kappa shape index (κ2) is 7.47. The molecule has 2 unspecified atom stereocenters. The lowest BCUT2D eigenvalue weighted by atomic mass is 9.93. The molecule has 0 radical (unpaired) electrons. The Kier molecular flexibility index (Phi) is 6.27. The molecule has 0 saturated carbocycles. The maximum atomic E-state index is 13.6. The minimum atomic E-state index is -0.760. The molecule has 2 atom stereocenters. The first-order chi connectivity index (χ1) is 8.58. The number of halogens is 2. The number of benzene rings is 1. The zero-order chi connectivity index (χ0) is 13.5. The third-order valence-electron chi connectivity index (χ3n) is 3.37. The summed E-state index contributed by atoms with van der Waals surface area (Å²) in [4.78, 5) is 0. The number of hydrogen-bond acceptors (Lipinski definition) is 1. The van der Waals surface area contributed by atoms with Gasteiger partial charge in [-0.1, -0.05) is 38.8 Å². The molecule has 0 spiro atoms. The monoisotopic (exact) mass is 255 g/mol. The van der Waals surface area contributed by atoms with Gasteiger partial charge in [-0.25, -0.2) is 8.78 Å². The van der Waals surface area contributed by atoms with Crippen molar-refractivity contribution in [2.24, 2.45) is 5.92 Å². The summed E-state index contributed by atoms with van der Waals surface area (Å²) in [7, 11) is 1.88. The van der Waals surface area contributed by atoms with E-state index in [-0.39, 0.29) is 6.04 Å². The van der Waals surface area contributed by atoms with E-state index >= 15 is 0 Å². The van der Waals surface area contributed by atoms with Crippen LogP contribution in [0.5, 0.6) is 0 Å². The summed E-state index contributed by atoms with van der Waals surface area (Å²) >= 11 is 0. The van der Waals surface area contributed by atoms with Crippen LogP contribution in [0.15, 0.2) is 18.2 Å². The van der Waals surface area contributed by atoms with Crippen molar-refractivity contribution in [2.75, 3.05) is 7.05 Å². The van der Waals surface area contributed by atoms with Gasteiger partial charge in [-0.2, -0.15) is 0 Å². The van der Waals surface area contributed by atoms with Crippen LogP contribution in [0.2, 0.25) is 0 Å². The summed E-state index contributed by atoms with van der Waals surface area (Å²) in [6.07, 6.45) is 3.85. The third-order valence-corrected chi connectivity index (χ3v) is 3.37. The van der Waals surface area contributed by atoms with E-state index in [2.05, 4.69) is 19.2 Å². The molecule has 1 nitrogen and oxygen atoms in total. The van der Waals surface area contributed by atoms with E-state index in [0.29, 0.717) is 17.9 Å². The molecule has 0 aliphatic heterocycles. The topological polar surface area (TPSA) is 12.0 Å². The van der Waals surface area contributed by atoms with E-state index in [4.69, 9.17) is 0 Å². The molecule has 0 amide bonds. The highest BCUT2D eigenvalue weighted by Gasteiger charge is 2.15. The Balaban J connectivity index is 2.65. The standard InChI is InChI=1S/C15H23F2N/c1-4-6-11(2)9-13(18-3)10-12-7-5-8-14(16)15(12)17/h5,7-8,11,13,18H,4,6,9-10H2,1-3H3. The first-order valence-corrected chi connectivity index (χ1v) is 6.68. The molecule has 0 aliphatic rings. The van der Waals surface area contributed by atoms with Crippen molar-refractivity contribution in [3.8, 4) is 0 Å². The summed E-state index contributed by atoms with van der Waals surface area (Å²) in [6.45, 7) is 4.37. The molecule has 0 heterocycles. The zero-order valence-electron chi connectivity index (χ0n) is 11.5. The Morgan fingerprint density at radius 2 is 2.00 bits per heavy atom. The lowest BCUT2D eigenvalue weighted by Gasteiger charge is -2.20. The van der Waals surface area contributed by atoms with Crippen LogP contribution in [0.3, 0.4) is 0 Å². The molecule has 0 aliphatic carbocycles. The molecule has 0 saturated heterocycles. The Morgan fingerprint density at radius 1 is 1.28 bits per heavy atom. The number of nitrogens with one attached hydrogen (secondary N) is 1. The number of hydrogen-bond donors (Lipinski definition) is 1. The lowest BCUT2D eigenvalue weighted by Crippen LogP contribution is -2.30. The van der Waals surface area contributed by atoms with Gasteiger partial charge in [0, 0.05) is 6.04 Å². The molecule has 1 N–H and O–H groups in total. The SMILES string of the molecule is CCCC(C)CC(Cc1cccc(F)c1F)NC. The fraction of sp³-hybridized carbons (Fsp3) is 0.600. The van der Waals surface area contributed by atoms with Crippen LogP contribution in [-0.4, -0.2) is 13.1 Å². The van der Waals surface area contributed by atoms with Crippen molar-refractivity contribution < 1.29 is 8.78 Å². The molecule has 102 valence electrons. The highest BCUT2D eigenvalue weighted by atomic mass is 19.2. The number of rotatable bonds is 7. The third kappa shape index (κ3) is 4.37. The average Bonchev–Trinajstić information content (AvgIpc) is 2.34. The van der Waals surface area contributed by atoms with Gasteiger partial charge in [-0.15, -0.1) is 0 Å². The van der Waals surface area contributed by atoms with E-state index in [1.807, 2.05) is 7.05 Å². The van der Waals surface area contributed by atoms with Crippen LogP contribution in [0.4, 0.5) is 8.78 Å². The predicted octanol–water partition coefficient (Wildman–Crippen LogP) is 3.92. The quantitative estimate of drug-likeness (QED) is 0.778. The van der Waals surface area contributed by atoms with Gasteiger partial charge >= 0.3 is 0 Å². The number of likely N-dealkylation sites (N-methyl/N-ethyl adjacent to an activating group) is 1. The molecule has 0 aromatic heterocycles. The van der Waals surface area contributed by atoms with Gasteiger partial charge in [-0.05, 0) is 37.4 Å². The van der Waals surface area contributed by atoms with Crippen LogP contribution in [0, 0.1) is 17.6 Å². The molecule has 0 fully saturated rings. The minimum Gasteiger partial charge on any atom is -0.317 e. The Hall–Kier alpha value is -0.960. The fourth-order valence-corrected chi connectivity index (χ4v) is 2.37. The molecular weight excluding hydrogens is 232 g/mol. The van der Waals surface area contributed by atoms with Crippen LogP contribution in [-0.2, 0) is 6.42 Å². The molecule has 0 bridgehead atoms. The molecule has 1 aromatic rings. The normalized spacial score (nSPS) is 14.5. The van der Waals surface area contributed by atoms with Crippen molar-refractivity contribution in [1.82, 2.24) is 5.32 Å². The second-order valence-electron chi connectivity index (χ2n) is 5.03. The Morgan fingerprint density at radius 3 is 2.61 bits per heavy atom. The van der Waals surface area contributed by atoms with Crippen molar-refractivity contribution >= 4 is 0 Å². The van der Waals surface area contributed by atoms with Crippen molar-refractivity contribution in [2.45, 2.75) is 45.6 Å². The van der Waals surface area contributed by atoms with Gasteiger partial charge in [0.05, 0.1) is 0 Å². The first-order valence-electron chi connectivity index (χ1n) is 6.68. The second-order valence-corrected chi connectivity index (χ2v) is 5.03. The van der Waals surface area contributed by atoms with Crippen molar-refractivity contribution in [3.63, 3.8) is 0 Å². The van der Waals surface area contributed by atoms with E-state index in [0.717, 1.165) is 18.9 Å². The average molecular weight is 255 g/mol. The highest BCUT2D eigenvalue weighted by Crippen LogP contribution is 2.18. The Labute approximate surface area is 109 Å². The smallest absolute Gasteiger partial charge is 0.162 e. The van der Waals surface area contributed by atoms with E-state index < -0.39 is 11.6 Å². The van der Waals surface area contributed by atoms with Gasteiger partial charge < -0.3 is 5.32 Å². The van der Waals surface area contributed by atoms with Gasteiger partial charge in [0.2, 0.25) is 0 Å². The molecular formula is C15H23F2N. The van der Waals surface area contributed by atoms with Crippen LogP contribution in [0.1, 0.15) is 38.7 Å². The zero-order valence-corrected chi connectivity index (χ0v) is 11.5. The molecule has 1 rings (SSSR count). The van der Waals surface area contributed by atoms with Gasteiger partial charge in [0.25, 0.3) is 0 Å². The van der Waals surface area contributed by atoms with Crippen molar-refractivity contribution in [1.29, 1.82) is 0 Å². The molecule has 1 aromatic carbocycles. The maximum absolute atomic E-state index is 13.6. The maximum Gasteiger partial charge on any atom is 0.162 e. The van der Waals surface area contributed by atoms with E-state index in [1.54, 1.807) is 12.1 Å². The molecule has 3 heteroatoms. The van der Waals surface area contributed by atoms with Crippen LogP contribution < -0.4 is 5.32 Å². The first kappa shape index (κ1) is 15.1. The largest absolute Gasteiger partial charge is 0.317 e. The summed E-state index contributed by atoms with van der Waals surface area (Å²) < 4.78 is 26.7. The minimum absolute atomic E-state index is 0.197. The van der Waals surface area contributed by atoms with E-state index in [1.165, 1.54) is 6.42 Å². The van der Waals surface area contributed by atoms with Crippen molar-refractivity contribution in [3.05, 3.63) is 35.4 Å². The summed E-state index contributed by atoms with van der Waals surface area (Å²) in [5, 5.41) is 3.20. The summed E-state index contributed by atoms with van der Waals surface area (Å²) in [6, 6.07) is 4.58. The van der Waals surface area contributed by atoms with E-state index in [9.17, 15) is 8.78 Å². The fourth-order valence-electron chi connectivity index (χ4n) is 2.37. The van der Waals surface area contributed by atoms with Crippen LogP contribution >= 0.6 is 0 Å². The van der Waals surface area contributed by atoms with Crippen LogP contribution in [0.25, 0.3) is 0 Å². The van der Waals surface area contributed by atoms with Gasteiger partial charge in [0.1, 0.15) is 0 Å². The van der Waals surface area contributed by atoms with Gasteiger partial charge in [0.15, 0.2) is 11.6 Å². The summed E-state index contributed by atoms with van der Waals surface area (Å²) in [5.41, 5.74) is 0.457.